The number of nitrogens with zero attached hydrogens (tertiary/aromatic N) is 1. The first-order valence-corrected chi connectivity index (χ1v) is 5.23. The molecule has 17 heavy (non-hydrogen) atoms. The van der Waals surface area contributed by atoms with Crippen molar-refractivity contribution in [3.05, 3.63) is 41.1 Å². The first kappa shape index (κ1) is 11.5. The van der Waals surface area contributed by atoms with E-state index < -0.39 is 5.97 Å². The average Bonchev–Trinajstić information content (AvgIpc) is 2.58. The lowest BCUT2D eigenvalue weighted by Crippen LogP contribution is -2.33. The zero-order valence-corrected chi connectivity index (χ0v) is 9.44. The molecule has 2 N–H and O–H groups in total. The SMILES string of the molecule is O=C(O)C=C1CC(=O)N(c2cccc(Cl)c2)N1. The highest BCUT2D eigenvalue weighted by atomic mass is 35.5. The van der Waals surface area contributed by atoms with Crippen LogP contribution in [0, 0.1) is 0 Å². The molecule has 1 amide bonds. The molecule has 0 unspecified atom stereocenters. The Morgan fingerprint density at radius 2 is 2.29 bits per heavy atom. The topological polar surface area (TPSA) is 69.6 Å². The molecule has 0 spiro atoms. The predicted molar refractivity (Wildman–Crippen MR) is 62.4 cm³/mol. The molecule has 1 aliphatic heterocycles. The Hall–Kier alpha value is -2.01. The zero-order valence-electron chi connectivity index (χ0n) is 8.68. The average molecular weight is 253 g/mol. The minimum absolute atomic E-state index is 0.0405. The van der Waals surface area contributed by atoms with Crippen LogP contribution in [-0.4, -0.2) is 17.0 Å². The number of nitrogens with one attached hydrogen (secondary N) is 1. The van der Waals surface area contributed by atoms with Crippen molar-refractivity contribution in [1.82, 2.24) is 5.43 Å². The highest BCUT2D eigenvalue weighted by Gasteiger charge is 2.26. The van der Waals surface area contributed by atoms with Gasteiger partial charge >= 0.3 is 5.97 Å². The summed E-state index contributed by atoms with van der Waals surface area (Å²) in [5, 5.41) is 10.4. The normalized spacial score (nSPS) is 17.4. The van der Waals surface area contributed by atoms with Crippen LogP contribution in [0.4, 0.5) is 5.69 Å². The Kier molecular flexibility index (Phi) is 3.01. The molecule has 0 radical (unpaired) electrons. The van der Waals surface area contributed by atoms with Gasteiger partial charge in [0, 0.05) is 16.8 Å². The van der Waals surface area contributed by atoms with Crippen molar-refractivity contribution in [3.63, 3.8) is 0 Å². The number of hydrogen-bond donors (Lipinski definition) is 2. The van der Waals surface area contributed by atoms with E-state index >= 15 is 0 Å². The zero-order chi connectivity index (χ0) is 12.4. The Morgan fingerprint density at radius 1 is 1.53 bits per heavy atom. The number of halogens is 1. The van der Waals surface area contributed by atoms with E-state index in [4.69, 9.17) is 16.7 Å². The number of hydrogen-bond acceptors (Lipinski definition) is 3. The largest absolute Gasteiger partial charge is 0.478 e. The standard InChI is InChI=1S/C11H9ClN2O3/c12-7-2-1-3-9(4-7)14-10(15)5-8(13-14)6-11(16)17/h1-4,6,13H,5H2,(H,16,17). The van der Waals surface area contributed by atoms with Crippen molar-refractivity contribution in [1.29, 1.82) is 0 Å². The summed E-state index contributed by atoms with van der Waals surface area (Å²) in [7, 11) is 0. The first-order chi connectivity index (χ1) is 8.06. The van der Waals surface area contributed by atoms with E-state index in [1.54, 1.807) is 24.3 Å². The molecule has 5 nitrogen and oxygen atoms in total. The van der Waals surface area contributed by atoms with Crippen LogP contribution in [0.2, 0.25) is 5.02 Å². The number of carboxylic acids is 1. The third-order valence-corrected chi connectivity index (χ3v) is 2.45. The summed E-state index contributed by atoms with van der Waals surface area (Å²) in [5.74, 6) is -1.31. The Labute approximate surface area is 102 Å². The van der Waals surface area contributed by atoms with Crippen LogP contribution in [0.5, 0.6) is 0 Å². The van der Waals surface area contributed by atoms with Gasteiger partial charge in [0.15, 0.2) is 0 Å². The van der Waals surface area contributed by atoms with Crippen molar-refractivity contribution < 1.29 is 14.7 Å². The lowest BCUT2D eigenvalue weighted by atomic mass is 10.3. The van der Waals surface area contributed by atoms with E-state index in [-0.39, 0.29) is 12.3 Å². The van der Waals surface area contributed by atoms with Gasteiger partial charge in [0.25, 0.3) is 5.91 Å². The maximum absolute atomic E-state index is 11.7. The number of carboxylic acid groups (broad SMARTS) is 1. The van der Waals surface area contributed by atoms with Crippen LogP contribution < -0.4 is 10.4 Å². The molecule has 2 rings (SSSR count). The molecule has 1 saturated heterocycles. The fraction of sp³-hybridized carbons (Fsp3) is 0.0909. The van der Waals surface area contributed by atoms with Crippen molar-refractivity contribution >= 4 is 29.2 Å². The minimum Gasteiger partial charge on any atom is -0.478 e. The summed E-state index contributed by atoms with van der Waals surface area (Å²) in [5.41, 5.74) is 3.65. The van der Waals surface area contributed by atoms with Crippen LogP contribution in [0.1, 0.15) is 6.42 Å². The smallest absolute Gasteiger partial charge is 0.330 e. The highest BCUT2D eigenvalue weighted by Crippen LogP contribution is 2.23. The molecule has 1 fully saturated rings. The summed E-state index contributed by atoms with van der Waals surface area (Å²) >= 11 is 5.82. The van der Waals surface area contributed by atoms with E-state index in [0.717, 1.165) is 6.08 Å². The molecule has 6 heteroatoms. The van der Waals surface area contributed by atoms with Gasteiger partial charge in [-0.3, -0.25) is 10.2 Å². The second-order valence-electron chi connectivity index (χ2n) is 3.51. The molecule has 1 aromatic carbocycles. The Bertz CT molecular complexity index is 513. The molecule has 1 aliphatic rings. The van der Waals surface area contributed by atoms with Crippen LogP contribution in [0.3, 0.4) is 0 Å². The molecular formula is C11H9ClN2O3. The van der Waals surface area contributed by atoms with E-state index in [9.17, 15) is 9.59 Å². The van der Waals surface area contributed by atoms with Crippen LogP contribution in [-0.2, 0) is 9.59 Å². The second kappa shape index (κ2) is 4.47. The van der Waals surface area contributed by atoms with Gasteiger partial charge < -0.3 is 5.11 Å². The van der Waals surface area contributed by atoms with Crippen LogP contribution >= 0.6 is 11.6 Å². The summed E-state index contributed by atoms with van der Waals surface area (Å²) in [6.45, 7) is 0. The predicted octanol–water partition coefficient (Wildman–Crippen LogP) is 1.55. The molecule has 1 heterocycles. The van der Waals surface area contributed by atoms with Gasteiger partial charge in [-0.1, -0.05) is 17.7 Å². The van der Waals surface area contributed by atoms with Gasteiger partial charge in [0.05, 0.1) is 12.1 Å². The third-order valence-electron chi connectivity index (χ3n) is 2.21. The fourth-order valence-electron chi connectivity index (χ4n) is 1.54. The molecule has 0 atom stereocenters. The van der Waals surface area contributed by atoms with E-state index in [0.29, 0.717) is 16.4 Å². The maximum Gasteiger partial charge on any atom is 0.330 e. The van der Waals surface area contributed by atoms with Gasteiger partial charge in [-0.15, -0.1) is 0 Å². The van der Waals surface area contributed by atoms with Gasteiger partial charge in [-0.2, -0.15) is 0 Å². The number of carbonyl (C=O) groups is 2. The lowest BCUT2D eigenvalue weighted by molar-refractivity contribution is -0.131. The van der Waals surface area contributed by atoms with Crippen LogP contribution in [0.25, 0.3) is 0 Å². The molecule has 0 aliphatic carbocycles. The molecule has 0 bridgehead atoms. The number of anilines is 1. The number of benzene rings is 1. The first-order valence-electron chi connectivity index (χ1n) is 4.85. The van der Waals surface area contributed by atoms with Gasteiger partial charge in [0.1, 0.15) is 0 Å². The van der Waals surface area contributed by atoms with E-state index in [1.807, 2.05) is 0 Å². The quantitative estimate of drug-likeness (QED) is 0.784. The number of aliphatic carboxylic acids is 1. The summed E-state index contributed by atoms with van der Waals surface area (Å²) in [6.07, 6.45) is 1.02. The molecule has 0 aromatic heterocycles. The summed E-state index contributed by atoms with van der Waals surface area (Å²) in [4.78, 5) is 22.2. The Morgan fingerprint density at radius 3 is 2.94 bits per heavy atom. The monoisotopic (exact) mass is 252 g/mol. The Balaban J connectivity index is 2.24. The van der Waals surface area contributed by atoms with Crippen molar-refractivity contribution in [2.75, 3.05) is 5.01 Å². The van der Waals surface area contributed by atoms with E-state index in [1.165, 1.54) is 5.01 Å². The maximum atomic E-state index is 11.7. The molecule has 0 saturated carbocycles. The molecule has 1 aromatic rings. The molecular weight excluding hydrogens is 244 g/mol. The molecule has 88 valence electrons. The third kappa shape index (κ3) is 2.57. The van der Waals surface area contributed by atoms with Crippen molar-refractivity contribution in [2.24, 2.45) is 0 Å². The van der Waals surface area contributed by atoms with Gasteiger partial charge in [-0.05, 0) is 18.2 Å². The number of hydrazine groups is 1. The number of rotatable bonds is 2. The fourth-order valence-corrected chi connectivity index (χ4v) is 1.73. The van der Waals surface area contributed by atoms with E-state index in [2.05, 4.69) is 5.43 Å². The number of amides is 1. The van der Waals surface area contributed by atoms with Crippen molar-refractivity contribution in [3.8, 4) is 0 Å². The van der Waals surface area contributed by atoms with Crippen molar-refractivity contribution in [2.45, 2.75) is 6.42 Å². The number of carbonyl (C=O) groups excluding carboxylic acids is 1. The van der Waals surface area contributed by atoms with Gasteiger partial charge in [-0.25, -0.2) is 9.80 Å². The van der Waals surface area contributed by atoms with Gasteiger partial charge in [0.2, 0.25) is 0 Å². The summed E-state index contributed by atoms with van der Waals surface area (Å²) < 4.78 is 0. The second-order valence-corrected chi connectivity index (χ2v) is 3.94. The minimum atomic E-state index is -1.09. The van der Waals surface area contributed by atoms with Crippen LogP contribution in [0.15, 0.2) is 36.0 Å². The highest BCUT2D eigenvalue weighted by molar-refractivity contribution is 6.30. The lowest BCUT2D eigenvalue weighted by Gasteiger charge is -2.16. The summed E-state index contributed by atoms with van der Waals surface area (Å²) in [6, 6.07) is 6.74.